The Balaban J connectivity index is 2.14. The van der Waals surface area contributed by atoms with E-state index in [2.05, 4.69) is 30.8 Å². The van der Waals surface area contributed by atoms with E-state index < -0.39 is 0 Å². The minimum atomic E-state index is 0.631. The first kappa shape index (κ1) is 13.3. The second-order valence-electron chi connectivity index (χ2n) is 3.83. The molecule has 1 rings (SSSR count). The quantitative estimate of drug-likeness (QED) is 0.419. The molecule has 0 fully saturated rings. The molecule has 2 heteroatoms. The summed E-state index contributed by atoms with van der Waals surface area (Å²) >= 11 is 1.93. The molecule has 2 N–H and O–H groups in total. The third-order valence-electron chi connectivity index (χ3n) is 2.48. The van der Waals surface area contributed by atoms with Gasteiger partial charge in [0.1, 0.15) is 0 Å². The van der Waals surface area contributed by atoms with Crippen LogP contribution in [-0.4, -0.2) is 5.75 Å². The van der Waals surface area contributed by atoms with Crippen LogP contribution in [0.2, 0.25) is 0 Å². The molecule has 88 valence electrons. The molecule has 0 aliphatic carbocycles. The lowest BCUT2D eigenvalue weighted by Gasteiger charge is -2.02. The molecule has 16 heavy (non-hydrogen) atoms. The summed E-state index contributed by atoms with van der Waals surface area (Å²) in [6, 6.07) is 8.55. The van der Waals surface area contributed by atoms with Crippen molar-refractivity contribution in [2.24, 2.45) is 5.73 Å². The molecule has 0 saturated carbocycles. The molecule has 0 unspecified atom stereocenters. The third-order valence-corrected chi connectivity index (χ3v) is 3.58. The zero-order valence-corrected chi connectivity index (χ0v) is 10.6. The summed E-state index contributed by atoms with van der Waals surface area (Å²) in [7, 11) is 0. The van der Waals surface area contributed by atoms with Gasteiger partial charge in [-0.1, -0.05) is 24.6 Å². The number of nitrogens with two attached hydrogens (primary N) is 1. The molecule has 1 aromatic rings. The van der Waals surface area contributed by atoms with Crippen LogP contribution in [0.5, 0.6) is 0 Å². The van der Waals surface area contributed by atoms with Crippen molar-refractivity contribution in [3.63, 3.8) is 0 Å². The molecule has 0 spiro atoms. The first-order valence-corrected chi connectivity index (χ1v) is 6.88. The Hall–Kier alpha value is -0.730. The van der Waals surface area contributed by atoms with Crippen molar-refractivity contribution in [3.05, 3.63) is 42.5 Å². The number of hydrogen-bond acceptors (Lipinski definition) is 2. The van der Waals surface area contributed by atoms with Crippen molar-refractivity contribution in [3.8, 4) is 0 Å². The lowest BCUT2D eigenvalue weighted by atomic mass is 10.2. The van der Waals surface area contributed by atoms with Gasteiger partial charge in [0.05, 0.1) is 0 Å². The van der Waals surface area contributed by atoms with Gasteiger partial charge in [-0.3, -0.25) is 0 Å². The smallest absolute Gasteiger partial charge is 0.0178 e. The molecular weight excluding hydrogens is 214 g/mol. The molecule has 0 radical (unpaired) electrons. The van der Waals surface area contributed by atoms with Crippen LogP contribution in [0, 0.1) is 0 Å². The van der Waals surface area contributed by atoms with E-state index in [1.807, 2.05) is 17.8 Å². The Bertz CT molecular complexity index is 292. The van der Waals surface area contributed by atoms with Crippen LogP contribution in [0.3, 0.4) is 0 Å². The second-order valence-corrected chi connectivity index (χ2v) is 5.00. The van der Waals surface area contributed by atoms with Crippen molar-refractivity contribution in [1.82, 2.24) is 0 Å². The lowest BCUT2D eigenvalue weighted by Crippen LogP contribution is -1.95. The monoisotopic (exact) mass is 235 g/mol. The zero-order chi connectivity index (χ0) is 11.6. The molecule has 1 nitrogen and oxygen atoms in total. The summed E-state index contributed by atoms with van der Waals surface area (Å²) < 4.78 is 0. The van der Waals surface area contributed by atoms with E-state index >= 15 is 0 Å². The normalized spacial score (nSPS) is 10.3. The summed E-state index contributed by atoms with van der Waals surface area (Å²) in [5.74, 6) is 1.21. The van der Waals surface area contributed by atoms with E-state index in [-0.39, 0.29) is 0 Å². The number of unbranched alkanes of at least 4 members (excludes halogenated alkanes) is 3. The molecule has 0 saturated heterocycles. The number of rotatable bonds is 8. The van der Waals surface area contributed by atoms with Gasteiger partial charge in [-0.25, -0.2) is 0 Å². The first-order chi connectivity index (χ1) is 7.86. The fourth-order valence-electron chi connectivity index (χ4n) is 1.48. The highest BCUT2D eigenvalue weighted by molar-refractivity contribution is 7.99. The van der Waals surface area contributed by atoms with Crippen molar-refractivity contribution in [1.29, 1.82) is 0 Å². The van der Waals surface area contributed by atoms with E-state index in [4.69, 9.17) is 5.73 Å². The first-order valence-electron chi connectivity index (χ1n) is 5.89. The van der Waals surface area contributed by atoms with E-state index in [0.29, 0.717) is 6.54 Å². The molecule has 0 amide bonds. The molecule has 0 aliphatic rings. The van der Waals surface area contributed by atoms with Crippen LogP contribution in [0.15, 0.2) is 41.8 Å². The van der Waals surface area contributed by atoms with Crippen LogP contribution in [0.25, 0.3) is 0 Å². The van der Waals surface area contributed by atoms with Gasteiger partial charge >= 0.3 is 0 Å². The fourth-order valence-corrected chi connectivity index (χ4v) is 2.39. The maximum absolute atomic E-state index is 5.55. The van der Waals surface area contributed by atoms with Gasteiger partial charge in [0.25, 0.3) is 0 Å². The average Bonchev–Trinajstić information content (AvgIpc) is 2.34. The summed E-state index contributed by atoms with van der Waals surface area (Å²) in [6.07, 6.45) is 7.02. The van der Waals surface area contributed by atoms with Crippen molar-refractivity contribution >= 4 is 11.8 Å². The topological polar surface area (TPSA) is 26.0 Å². The van der Waals surface area contributed by atoms with Gasteiger partial charge < -0.3 is 5.73 Å². The largest absolute Gasteiger partial charge is 0.326 e. The summed E-state index contributed by atoms with van der Waals surface area (Å²) in [4.78, 5) is 1.35. The summed E-state index contributed by atoms with van der Waals surface area (Å²) in [5.41, 5.74) is 6.76. The predicted octanol–water partition coefficient (Wildman–Crippen LogP) is 3.98. The Labute approximate surface area is 103 Å². The SMILES string of the molecule is C=CCCCCCSc1ccc(CN)cc1. The summed E-state index contributed by atoms with van der Waals surface area (Å²) in [5, 5.41) is 0. The van der Waals surface area contributed by atoms with Gasteiger partial charge in [0.15, 0.2) is 0 Å². The highest BCUT2D eigenvalue weighted by atomic mass is 32.2. The number of benzene rings is 1. The molecule has 0 atom stereocenters. The second kappa shape index (κ2) is 8.43. The minimum absolute atomic E-state index is 0.631. The number of thioether (sulfide) groups is 1. The standard InChI is InChI=1S/C14H21NS/c1-2-3-4-5-6-11-16-14-9-7-13(12-15)8-10-14/h2,7-10H,1,3-6,11-12,15H2. The summed E-state index contributed by atoms with van der Waals surface area (Å²) in [6.45, 7) is 4.36. The highest BCUT2D eigenvalue weighted by Crippen LogP contribution is 2.20. The van der Waals surface area contributed by atoms with Crippen molar-refractivity contribution in [2.45, 2.75) is 37.1 Å². The zero-order valence-electron chi connectivity index (χ0n) is 9.82. The van der Waals surface area contributed by atoms with Gasteiger partial charge in [-0.05, 0) is 42.7 Å². The van der Waals surface area contributed by atoms with Crippen LogP contribution < -0.4 is 5.73 Å². The molecular formula is C14H21NS. The average molecular weight is 235 g/mol. The van der Waals surface area contributed by atoms with Crippen LogP contribution in [0.4, 0.5) is 0 Å². The molecule has 0 aromatic heterocycles. The Morgan fingerprint density at radius 1 is 1.12 bits per heavy atom. The molecule has 0 aliphatic heterocycles. The highest BCUT2D eigenvalue weighted by Gasteiger charge is 1.94. The maximum atomic E-state index is 5.55. The number of hydrogen-bond donors (Lipinski definition) is 1. The van der Waals surface area contributed by atoms with E-state index in [1.165, 1.54) is 35.5 Å². The Morgan fingerprint density at radius 2 is 1.88 bits per heavy atom. The lowest BCUT2D eigenvalue weighted by molar-refractivity contribution is 0.735. The van der Waals surface area contributed by atoms with Gasteiger partial charge in [-0.15, -0.1) is 18.3 Å². The maximum Gasteiger partial charge on any atom is 0.0178 e. The molecule has 0 bridgehead atoms. The van der Waals surface area contributed by atoms with Gasteiger partial charge in [0.2, 0.25) is 0 Å². The van der Waals surface area contributed by atoms with Crippen LogP contribution in [-0.2, 0) is 6.54 Å². The molecule has 0 heterocycles. The molecule has 1 aromatic carbocycles. The minimum Gasteiger partial charge on any atom is -0.326 e. The third kappa shape index (κ3) is 5.38. The van der Waals surface area contributed by atoms with Crippen molar-refractivity contribution in [2.75, 3.05) is 5.75 Å². The fraction of sp³-hybridized carbons (Fsp3) is 0.429. The van der Waals surface area contributed by atoms with Crippen molar-refractivity contribution < 1.29 is 0 Å². The van der Waals surface area contributed by atoms with Crippen LogP contribution >= 0.6 is 11.8 Å². The van der Waals surface area contributed by atoms with Gasteiger partial charge in [-0.2, -0.15) is 0 Å². The van der Waals surface area contributed by atoms with E-state index in [9.17, 15) is 0 Å². The van der Waals surface area contributed by atoms with E-state index in [0.717, 1.165) is 6.42 Å². The Kier molecular flexibility index (Phi) is 7.02. The Morgan fingerprint density at radius 3 is 2.50 bits per heavy atom. The number of allylic oxidation sites excluding steroid dienone is 1. The van der Waals surface area contributed by atoms with E-state index in [1.54, 1.807) is 0 Å². The van der Waals surface area contributed by atoms with Gasteiger partial charge in [0, 0.05) is 11.4 Å². The predicted molar refractivity (Wildman–Crippen MR) is 73.7 cm³/mol. The van der Waals surface area contributed by atoms with Crippen LogP contribution in [0.1, 0.15) is 31.2 Å².